The number of amides is 3. The molecule has 7 nitrogen and oxygen atoms in total. The lowest BCUT2D eigenvalue weighted by Gasteiger charge is -2.24. The van der Waals surface area contributed by atoms with Gasteiger partial charge in [0.15, 0.2) is 0 Å². The first-order valence-corrected chi connectivity index (χ1v) is 7.29. The molecule has 23 heavy (non-hydrogen) atoms. The molecule has 1 atom stereocenters. The van der Waals surface area contributed by atoms with Gasteiger partial charge in [-0.05, 0) is 38.2 Å². The highest BCUT2D eigenvalue weighted by Crippen LogP contribution is 2.14. The lowest BCUT2D eigenvalue weighted by molar-refractivity contribution is -0.131. The second kappa shape index (κ2) is 8.28. The van der Waals surface area contributed by atoms with Crippen molar-refractivity contribution in [2.45, 2.75) is 19.9 Å². The van der Waals surface area contributed by atoms with Crippen LogP contribution >= 0.6 is 0 Å². The van der Waals surface area contributed by atoms with E-state index in [0.717, 1.165) is 0 Å². The Balaban J connectivity index is 2.60. The van der Waals surface area contributed by atoms with Crippen molar-refractivity contribution < 1.29 is 14.4 Å². The average Bonchev–Trinajstić information content (AvgIpc) is 2.47. The van der Waals surface area contributed by atoms with Crippen LogP contribution in [0.1, 0.15) is 13.8 Å². The molecule has 0 saturated heterocycles. The van der Waals surface area contributed by atoms with Gasteiger partial charge in [0.25, 0.3) is 0 Å². The van der Waals surface area contributed by atoms with Crippen LogP contribution in [0.4, 0.5) is 11.4 Å². The van der Waals surface area contributed by atoms with Crippen LogP contribution in [0, 0.1) is 0 Å². The molecule has 0 unspecified atom stereocenters. The first-order chi connectivity index (χ1) is 10.7. The second-order valence-electron chi connectivity index (χ2n) is 5.63. The Morgan fingerprint density at radius 3 is 1.91 bits per heavy atom. The SMILES string of the molecule is CC(=O)Nc1ccc(NC(=O)[C@@H](C)N(C)CC(=O)N(C)C)cc1. The molecule has 0 aliphatic heterocycles. The van der Waals surface area contributed by atoms with E-state index < -0.39 is 6.04 Å². The number of nitrogens with one attached hydrogen (secondary N) is 2. The second-order valence-corrected chi connectivity index (χ2v) is 5.63. The maximum absolute atomic E-state index is 12.2. The van der Waals surface area contributed by atoms with Gasteiger partial charge in [0, 0.05) is 32.4 Å². The Labute approximate surface area is 136 Å². The van der Waals surface area contributed by atoms with Crippen LogP contribution in [0.2, 0.25) is 0 Å². The first-order valence-electron chi connectivity index (χ1n) is 7.29. The van der Waals surface area contributed by atoms with Gasteiger partial charge in [-0.3, -0.25) is 19.3 Å². The summed E-state index contributed by atoms with van der Waals surface area (Å²) in [4.78, 5) is 38.0. The molecule has 7 heteroatoms. The van der Waals surface area contributed by atoms with Crippen LogP contribution in [0.3, 0.4) is 0 Å². The molecule has 0 heterocycles. The molecule has 0 aliphatic carbocycles. The van der Waals surface area contributed by atoms with Crippen LogP contribution in [-0.4, -0.2) is 61.3 Å². The number of benzene rings is 1. The fraction of sp³-hybridized carbons (Fsp3) is 0.438. The molecule has 0 aromatic heterocycles. The molecule has 0 radical (unpaired) electrons. The van der Waals surface area contributed by atoms with Gasteiger partial charge in [0.1, 0.15) is 0 Å². The molecule has 1 aromatic carbocycles. The molecule has 0 fully saturated rings. The Morgan fingerprint density at radius 2 is 1.48 bits per heavy atom. The Morgan fingerprint density at radius 1 is 1.00 bits per heavy atom. The maximum Gasteiger partial charge on any atom is 0.241 e. The minimum absolute atomic E-state index is 0.0631. The van der Waals surface area contributed by atoms with Gasteiger partial charge in [-0.25, -0.2) is 0 Å². The number of carbonyl (C=O) groups excluding carboxylic acids is 3. The molecular weight excluding hydrogens is 296 g/mol. The number of likely N-dealkylation sites (N-methyl/N-ethyl adjacent to an activating group) is 2. The van der Waals surface area contributed by atoms with E-state index in [1.165, 1.54) is 11.8 Å². The van der Waals surface area contributed by atoms with E-state index in [2.05, 4.69) is 10.6 Å². The molecular formula is C16H24N4O3. The summed E-state index contributed by atoms with van der Waals surface area (Å²) in [6.45, 7) is 3.34. The van der Waals surface area contributed by atoms with Crippen molar-refractivity contribution in [2.24, 2.45) is 0 Å². The van der Waals surface area contributed by atoms with Crippen molar-refractivity contribution in [1.29, 1.82) is 0 Å². The van der Waals surface area contributed by atoms with Crippen LogP contribution < -0.4 is 10.6 Å². The molecule has 3 amide bonds. The number of hydrogen-bond acceptors (Lipinski definition) is 4. The Kier molecular flexibility index (Phi) is 6.71. The van der Waals surface area contributed by atoms with Crippen molar-refractivity contribution >= 4 is 29.1 Å². The van der Waals surface area contributed by atoms with Gasteiger partial charge in [0.2, 0.25) is 17.7 Å². The molecule has 1 aromatic rings. The fourth-order valence-electron chi connectivity index (χ4n) is 1.78. The summed E-state index contributed by atoms with van der Waals surface area (Å²) in [5.41, 5.74) is 1.29. The highest BCUT2D eigenvalue weighted by Gasteiger charge is 2.20. The molecule has 0 bridgehead atoms. The van der Waals surface area contributed by atoms with E-state index in [1.807, 2.05) is 0 Å². The monoisotopic (exact) mass is 320 g/mol. The molecule has 1 rings (SSSR count). The van der Waals surface area contributed by atoms with E-state index in [1.54, 1.807) is 57.2 Å². The van der Waals surface area contributed by atoms with Crippen molar-refractivity contribution in [1.82, 2.24) is 9.80 Å². The number of nitrogens with zero attached hydrogens (tertiary/aromatic N) is 2. The lowest BCUT2D eigenvalue weighted by atomic mass is 10.2. The van der Waals surface area contributed by atoms with Crippen molar-refractivity contribution in [2.75, 3.05) is 38.3 Å². The van der Waals surface area contributed by atoms with Gasteiger partial charge in [0.05, 0.1) is 12.6 Å². The largest absolute Gasteiger partial charge is 0.348 e. The summed E-state index contributed by atoms with van der Waals surface area (Å²) in [7, 11) is 5.08. The summed E-state index contributed by atoms with van der Waals surface area (Å²) in [6, 6.07) is 6.39. The molecule has 2 N–H and O–H groups in total. The minimum atomic E-state index is -0.450. The average molecular weight is 320 g/mol. The number of anilines is 2. The van der Waals surface area contributed by atoms with Crippen molar-refractivity contribution in [3.8, 4) is 0 Å². The lowest BCUT2D eigenvalue weighted by Crippen LogP contribution is -2.44. The quantitative estimate of drug-likeness (QED) is 0.819. The number of rotatable bonds is 6. The van der Waals surface area contributed by atoms with Gasteiger partial charge in [-0.1, -0.05) is 0 Å². The third kappa shape index (κ3) is 6.07. The summed E-state index contributed by atoms with van der Waals surface area (Å²) in [5.74, 6) is -0.416. The summed E-state index contributed by atoms with van der Waals surface area (Å²) in [5, 5.41) is 5.44. The normalized spacial score (nSPS) is 11.7. The first kappa shape index (κ1) is 18.6. The molecule has 126 valence electrons. The zero-order valence-electron chi connectivity index (χ0n) is 14.2. The van der Waals surface area contributed by atoms with Gasteiger partial charge in [-0.2, -0.15) is 0 Å². The summed E-state index contributed by atoms with van der Waals surface area (Å²) >= 11 is 0. The molecule has 0 saturated carbocycles. The maximum atomic E-state index is 12.2. The molecule has 0 spiro atoms. The van der Waals surface area contributed by atoms with E-state index in [9.17, 15) is 14.4 Å². The van der Waals surface area contributed by atoms with E-state index in [4.69, 9.17) is 0 Å². The van der Waals surface area contributed by atoms with Crippen molar-refractivity contribution in [3.05, 3.63) is 24.3 Å². The summed E-state index contributed by atoms with van der Waals surface area (Å²) < 4.78 is 0. The molecule has 0 aliphatic rings. The standard InChI is InChI=1S/C16H24N4O3/c1-11(20(5)10-15(22)19(3)4)16(23)18-14-8-6-13(7-9-14)17-12(2)21/h6-9,11H,10H2,1-5H3,(H,17,21)(H,18,23)/t11-/m1/s1. The smallest absolute Gasteiger partial charge is 0.241 e. The highest BCUT2D eigenvalue weighted by atomic mass is 16.2. The summed E-state index contributed by atoms with van der Waals surface area (Å²) in [6.07, 6.45) is 0. The predicted octanol–water partition coefficient (Wildman–Crippen LogP) is 0.992. The van der Waals surface area contributed by atoms with Crippen LogP contribution in [-0.2, 0) is 14.4 Å². The zero-order valence-corrected chi connectivity index (χ0v) is 14.2. The Hall–Kier alpha value is -2.41. The van der Waals surface area contributed by atoms with Crippen LogP contribution in [0.15, 0.2) is 24.3 Å². The van der Waals surface area contributed by atoms with Gasteiger partial charge >= 0.3 is 0 Å². The van der Waals surface area contributed by atoms with E-state index >= 15 is 0 Å². The van der Waals surface area contributed by atoms with Crippen LogP contribution in [0.25, 0.3) is 0 Å². The highest BCUT2D eigenvalue weighted by molar-refractivity contribution is 5.95. The third-order valence-corrected chi connectivity index (χ3v) is 3.40. The van der Waals surface area contributed by atoms with Crippen molar-refractivity contribution in [3.63, 3.8) is 0 Å². The number of carbonyl (C=O) groups is 3. The minimum Gasteiger partial charge on any atom is -0.348 e. The van der Waals surface area contributed by atoms with E-state index in [0.29, 0.717) is 11.4 Å². The van der Waals surface area contributed by atoms with Gasteiger partial charge < -0.3 is 15.5 Å². The topological polar surface area (TPSA) is 81.8 Å². The predicted molar refractivity (Wildman–Crippen MR) is 90.2 cm³/mol. The number of hydrogen-bond donors (Lipinski definition) is 2. The zero-order chi connectivity index (χ0) is 17.6. The fourth-order valence-corrected chi connectivity index (χ4v) is 1.78. The van der Waals surface area contributed by atoms with Gasteiger partial charge in [-0.15, -0.1) is 0 Å². The van der Waals surface area contributed by atoms with Crippen LogP contribution in [0.5, 0.6) is 0 Å². The third-order valence-electron chi connectivity index (χ3n) is 3.40. The van der Waals surface area contributed by atoms with E-state index in [-0.39, 0.29) is 24.3 Å². The Bertz CT molecular complexity index is 569.